The third kappa shape index (κ3) is 3.50. The van der Waals surface area contributed by atoms with Gasteiger partial charge in [-0.1, -0.05) is 36.8 Å². The van der Waals surface area contributed by atoms with E-state index in [4.69, 9.17) is 11.6 Å². The van der Waals surface area contributed by atoms with Gasteiger partial charge in [-0.25, -0.2) is 4.39 Å². The fourth-order valence-electron chi connectivity index (χ4n) is 3.74. The van der Waals surface area contributed by atoms with Gasteiger partial charge in [-0.3, -0.25) is 10.6 Å². The highest BCUT2D eigenvalue weighted by molar-refractivity contribution is 6.20. The maximum absolute atomic E-state index is 13.7. The lowest BCUT2D eigenvalue weighted by Gasteiger charge is -2.40. The van der Waals surface area contributed by atoms with Crippen LogP contribution in [-0.4, -0.2) is 37.0 Å². The first kappa shape index (κ1) is 15.5. The maximum atomic E-state index is 13.7. The van der Waals surface area contributed by atoms with Gasteiger partial charge in [-0.05, 0) is 49.8 Å². The van der Waals surface area contributed by atoms with Crippen LogP contribution < -0.4 is 16.0 Å². The normalized spacial score (nSPS) is 44.4. The van der Waals surface area contributed by atoms with Crippen molar-refractivity contribution in [2.75, 3.05) is 13.1 Å². The summed E-state index contributed by atoms with van der Waals surface area (Å²) in [5, 5.41) is 10.3. The van der Waals surface area contributed by atoms with E-state index < -0.39 is 6.17 Å². The summed E-state index contributed by atoms with van der Waals surface area (Å²) in [6, 6.07) is 0.628. The van der Waals surface area contributed by atoms with E-state index in [-0.39, 0.29) is 11.5 Å². The summed E-state index contributed by atoms with van der Waals surface area (Å²) in [7, 11) is 0. The summed E-state index contributed by atoms with van der Waals surface area (Å²) in [6.07, 6.45) is 8.39. The van der Waals surface area contributed by atoms with Crippen LogP contribution in [0.1, 0.15) is 26.2 Å². The number of hydrogen-bond donors (Lipinski definition) is 3. The monoisotopic (exact) mass is 313 g/mol. The second-order valence-electron chi connectivity index (χ2n) is 6.46. The lowest BCUT2D eigenvalue weighted by Crippen LogP contribution is -2.55. The molecular weight excluding hydrogens is 289 g/mol. The van der Waals surface area contributed by atoms with Crippen LogP contribution in [0.15, 0.2) is 23.8 Å². The Morgan fingerprint density at radius 1 is 1.24 bits per heavy atom. The van der Waals surface area contributed by atoms with E-state index in [0.717, 1.165) is 32.4 Å². The molecule has 0 aromatic heterocycles. The van der Waals surface area contributed by atoms with Crippen LogP contribution in [0.4, 0.5) is 4.39 Å². The molecule has 3 nitrogen and oxygen atoms in total. The lowest BCUT2D eigenvalue weighted by molar-refractivity contribution is 0.228. The molecule has 1 saturated heterocycles. The molecule has 6 unspecified atom stereocenters. The maximum Gasteiger partial charge on any atom is 0.135 e. The highest BCUT2D eigenvalue weighted by Crippen LogP contribution is 2.33. The van der Waals surface area contributed by atoms with Gasteiger partial charge in [0.25, 0.3) is 0 Å². The van der Waals surface area contributed by atoms with E-state index in [1.807, 2.05) is 6.92 Å². The summed E-state index contributed by atoms with van der Waals surface area (Å²) in [4.78, 5) is 0. The van der Waals surface area contributed by atoms with E-state index in [2.05, 4.69) is 28.1 Å². The third-order valence-electron chi connectivity index (χ3n) is 4.91. The Kier molecular flexibility index (Phi) is 4.99. The molecule has 0 amide bonds. The van der Waals surface area contributed by atoms with Crippen LogP contribution in [0.3, 0.4) is 0 Å². The van der Waals surface area contributed by atoms with Gasteiger partial charge in [0.1, 0.15) is 11.8 Å². The van der Waals surface area contributed by atoms with Gasteiger partial charge in [0, 0.05) is 12.1 Å². The number of hydrogen-bond acceptors (Lipinski definition) is 3. The van der Waals surface area contributed by atoms with Gasteiger partial charge in [0.05, 0.1) is 0 Å². The molecule has 21 heavy (non-hydrogen) atoms. The van der Waals surface area contributed by atoms with E-state index >= 15 is 0 Å². The highest BCUT2D eigenvalue weighted by Gasteiger charge is 2.34. The van der Waals surface area contributed by atoms with Crippen LogP contribution in [0.5, 0.6) is 0 Å². The van der Waals surface area contributed by atoms with Crippen molar-refractivity contribution in [2.45, 2.75) is 50.1 Å². The molecule has 3 N–H and O–H groups in total. The summed E-state index contributed by atoms with van der Waals surface area (Å²) in [5.74, 6) is 0.482. The van der Waals surface area contributed by atoms with Crippen LogP contribution >= 0.6 is 11.6 Å². The predicted octanol–water partition coefficient (Wildman–Crippen LogP) is 2.30. The largest absolute Gasteiger partial charge is 0.309 e. The molecule has 0 aromatic carbocycles. The molecular formula is C16H25ClFN3. The SMILES string of the molecule is CC1CC(C2NCCC=C2C2CCNC(Cl)N2)C=CC1F. The van der Waals surface area contributed by atoms with E-state index in [1.165, 1.54) is 5.57 Å². The van der Waals surface area contributed by atoms with Crippen molar-refractivity contribution < 1.29 is 4.39 Å². The summed E-state index contributed by atoms with van der Waals surface area (Å²) in [5.41, 5.74) is 1.25. The zero-order valence-corrected chi connectivity index (χ0v) is 13.2. The number of allylic oxidation sites excluding steroid dienone is 1. The first-order chi connectivity index (χ1) is 10.1. The minimum atomic E-state index is -0.790. The molecule has 0 spiro atoms. The quantitative estimate of drug-likeness (QED) is 0.416. The van der Waals surface area contributed by atoms with Crippen LogP contribution in [0, 0.1) is 11.8 Å². The molecule has 3 aliphatic rings. The van der Waals surface area contributed by atoms with E-state index in [1.54, 1.807) is 6.08 Å². The second-order valence-corrected chi connectivity index (χ2v) is 6.89. The average molecular weight is 314 g/mol. The molecule has 0 aromatic rings. The van der Waals surface area contributed by atoms with Crippen molar-refractivity contribution in [3.63, 3.8) is 0 Å². The highest BCUT2D eigenvalue weighted by atomic mass is 35.5. The zero-order valence-electron chi connectivity index (χ0n) is 12.5. The number of halogens is 2. The Hall–Kier alpha value is -0.420. The summed E-state index contributed by atoms with van der Waals surface area (Å²) in [6.45, 7) is 3.94. The third-order valence-corrected chi connectivity index (χ3v) is 5.19. The van der Waals surface area contributed by atoms with Crippen molar-refractivity contribution in [1.29, 1.82) is 0 Å². The van der Waals surface area contributed by atoms with Crippen LogP contribution in [0.2, 0.25) is 0 Å². The molecule has 5 heteroatoms. The first-order valence-electron chi connectivity index (χ1n) is 8.04. The van der Waals surface area contributed by atoms with Crippen molar-refractivity contribution in [3.05, 3.63) is 23.8 Å². The smallest absolute Gasteiger partial charge is 0.135 e. The minimum Gasteiger partial charge on any atom is -0.309 e. The van der Waals surface area contributed by atoms with Crippen LogP contribution in [-0.2, 0) is 0 Å². The van der Waals surface area contributed by atoms with Gasteiger partial charge in [0.15, 0.2) is 0 Å². The second kappa shape index (κ2) is 6.78. The molecule has 0 radical (unpaired) electrons. The molecule has 118 valence electrons. The molecule has 0 saturated carbocycles. The Bertz CT molecular complexity index is 426. The number of rotatable bonds is 2. The molecule has 2 aliphatic heterocycles. The van der Waals surface area contributed by atoms with Crippen molar-refractivity contribution >= 4 is 11.6 Å². The van der Waals surface area contributed by atoms with Crippen molar-refractivity contribution in [3.8, 4) is 0 Å². The summed E-state index contributed by atoms with van der Waals surface area (Å²) >= 11 is 6.17. The van der Waals surface area contributed by atoms with Crippen LogP contribution in [0.25, 0.3) is 0 Å². The van der Waals surface area contributed by atoms with E-state index in [0.29, 0.717) is 18.0 Å². The zero-order chi connectivity index (χ0) is 14.8. The molecule has 3 rings (SSSR count). The number of nitrogens with one attached hydrogen (secondary N) is 3. The van der Waals surface area contributed by atoms with Crippen molar-refractivity contribution in [2.24, 2.45) is 11.8 Å². The predicted molar refractivity (Wildman–Crippen MR) is 85.0 cm³/mol. The molecule has 2 heterocycles. The van der Waals surface area contributed by atoms with E-state index in [9.17, 15) is 4.39 Å². The Balaban J connectivity index is 1.75. The topological polar surface area (TPSA) is 36.1 Å². The van der Waals surface area contributed by atoms with Gasteiger partial charge in [-0.2, -0.15) is 0 Å². The van der Waals surface area contributed by atoms with Gasteiger partial charge in [-0.15, -0.1) is 0 Å². The van der Waals surface area contributed by atoms with Gasteiger partial charge < -0.3 is 5.32 Å². The standard InChI is InChI=1S/C16H25ClFN3/c1-10-9-11(4-5-13(10)18)15-12(3-2-7-19-15)14-6-8-20-16(17)21-14/h3-5,10-11,13-16,19-21H,2,6-9H2,1H3. The molecule has 0 bridgehead atoms. The van der Waals surface area contributed by atoms with Crippen molar-refractivity contribution in [1.82, 2.24) is 16.0 Å². The molecule has 6 atom stereocenters. The molecule has 1 aliphatic carbocycles. The fraction of sp³-hybridized carbons (Fsp3) is 0.750. The Labute approximate surface area is 131 Å². The lowest BCUT2D eigenvalue weighted by atomic mass is 9.77. The minimum absolute atomic E-state index is 0.103. The number of alkyl halides is 2. The summed E-state index contributed by atoms with van der Waals surface area (Å²) < 4.78 is 13.7. The average Bonchev–Trinajstić information content (AvgIpc) is 2.50. The first-order valence-corrected chi connectivity index (χ1v) is 8.48. The Morgan fingerprint density at radius 3 is 2.86 bits per heavy atom. The fourth-order valence-corrected chi connectivity index (χ4v) is 4.00. The van der Waals surface area contributed by atoms with Gasteiger partial charge >= 0.3 is 0 Å². The Morgan fingerprint density at radius 2 is 2.10 bits per heavy atom. The molecule has 1 fully saturated rings. The van der Waals surface area contributed by atoms with Gasteiger partial charge in [0.2, 0.25) is 0 Å².